The molecular formula is C49H28. The van der Waals surface area contributed by atoms with Crippen LogP contribution in [-0.4, -0.2) is 0 Å². The Morgan fingerprint density at radius 3 is 1.86 bits per heavy atom. The van der Waals surface area contributed by atoms with Gasteiger partial charge in [0, 0.05) is 0 Å². The molecule has 0 aromatic heterocycles. The van der Waals surface area contributed by atoms with Gasteiger partial charge in [-0.25, -0.2) is 0 Å². The Bertz CT molecular complexity index is 3200. The minimum Gasteiger partial charge on any atom is -0.0622 e. The van der Waals surface area contributed by atoms with E-state index in [1.165, 1.54) is 125 Å². The Morgan fingerprint density at radius 1 is 0.286 bits per heavy atom. The zero-order valence-electron chi connectivity index (χ0n) is 26.9. The molecule has 11 aromatic carbocycles. The minimum atomic E-state index is 1.27. The maximum atomic E-state index is 2.45. The molecule has 0 amide bonds. The molecule has 0 heteroatoms. The van der Waals surface area contributed by atoms with E-state index in [4.69, 9.17) is 0 Å². The van der Waals surface area contributed by atoms with Crippen molar-refractivity contribution in [3.05, 3.63) is 157 Å². The van der Waals surface area contributed by atoms with E-state index in [-0.39, 0.29) is 0 Å². The van der Waals surface area contributed by atoms with Gasteiger partial charge in [0.1, 0.15) is 0 Å². The van der Waals surface area contributed by atoms with Crippen molar-refractivity contribution in [2.45, 2.75) is 6.92 Å². The number of rotatable bonds is 2. The van der Waals surface area contributed by atoms with Gasteiger partial charge in [-0.1, -0.05) is 146 Å². The maximum absolute atomic E-state index is 2.45. The first-order valence-electron chi connectivity index (χ1n) is 17.3. The number of hydrogen-bond donors (Lipinski definition) is 0. The molecule has 0 saturated heterocycles. The molecule has 1 aliphatic rings. The van der Waals surface area contributed by atoms with Crippen molar-refractivity contribution in [1.29, 1.82) is 0 Å². The normalized spacial score (nSPS) is 12.6. The molecule has 11 aromatic rings. The van der Waals surface area contributed by atoms with Crippen molar-refractivity contribution < 1.29 is 0 Å². The molecule has 0 nitrogen and oxygen atoms in total. The van der Waals surface area contributed by atoms with Crippen molar-refractivity contribution in [2.75, 3.05) is 0 Å². The largest absolute Gasteiger partial charge is 0.0622 e. The van der Waals surface area contributed by atoms with Crippen LogP contribution in [0.2, 0.25) is 0 Å². The van der Waals surface area contributed by atoms with Crippen LogP contribution in [0.15, 0.2) is 152 Å². The summed E-state index contributed by atoms with van der Waals surface area (Å²) < 4.78 is 0. The van der Waals surface area contributed by atoms with Gasteiger partial charge in [-0.15, -0.1) is 0 Å². The van der Waals surface area contributed by atoms with E-state index < -0.39 is 0 Å². The molecule has 12 rings (SSSR count). The fourth-order valence-corrected chi connectivity index (χ4v) is 9.70. The third-order valence-electron chi connectivity index (χ3n) is 11.6. The molecule has 0 atom stereocenters. The van der Waals surface area contributed by atoms with E-state index in [9.17, 15) is 0 Å². The summed E-state index contributed by atoms with van der Waals surface area (Å²) in [6.07, 6.45) is 0. The van der Waals surface area contributed by atoms with E-state index >= 15 is 0 Å². The Hall–Kier alpha value is -6.24. The topological polar surface area (TPSA) is 0 Å². The highest BCUT2D eigenvalue weighted by molar-refractivity contribution is 6.48. The third kappa shape index (κ3) is 3.11. The van der Waals surface area contributed by atoms with Crippen molar-refractivity contribution in [3.63, 3.8) is 0 Å². The van der Waals surface area contributed by atoms with E-state index in [0.717, 1.165) is 0 Å². The Kier molecular flexibility index (Phi) is 4.74. The SMILES string of the molecule is Cc1ccc2cccc3c2c1-c1ccc(-c2ccc4c5c2cccc5c2c(-c5ccccc5)c5cccc6c7ccccc7c(c56)c42)cc1-3. The van der Waals surface area contributed by atoms with Crippen molar-refractivity contribution in [1.82, 2.24) is 0 Å². The fraction of sp³-hybridized carbons (Fsp3) is 0.0204. The molecule has 49 heavy (non-hydrogen) atoms. The Morgan fingerprint density at radius 2 is 0.959 bits per heavy atom. The second kappa shape index (κ2) is 9.01. The number of aryl methyl sites for hydroxylation is 1. The predicted octanol–water partition coefficient (Wildman–Crippen LogP) is 13.9. The second-order valence-corrected chi connectivity index (χ2v) is 14.0. The summed E-state index contributed by atoms with van der Waals surface area (Å²) in [4.78, 5) is 0. The van der Waals surface area contributed by atoms with Crippen LogP contribution in [0.4, 0.5) is 0 Å². The van der Waals surface area contributed by atoms with Crippen LogP contribution in [0.25, 0.3) is 120 Å². The highest BCUT2D eigenvalue weighted by Crippen LogP contribution is 2.55. The lowest BCUT2D eigenvalue weighted by Crippen LogP contribution is -1.85. The number of fused-ring (bicyclic) bond motifs is 10. The molecule has 0 heterocycles. The third-order valence-corrected chi connectivity index (χ3v) is 11.6. The molecule has 0 bridgehead atoms. The summed E-state index contributed by atoms with van der Waals surface area (Å²) in [6.45, 7) is 2.25. The zero-order chi connectivity index (χ0) is 32.0. The maximum Gasteiger partial charge on any atom is -0.000696 e. The zero-order valence-corrected chi connectivity index (χ0v) is 26.9. The molecule has 224 valence electrons. The number of benzene rings is 9. The minimum absolute atomic E-state index is 1.27. The molecule has 0 radical (unpaired) electrons. The van der Waals surface area contributed by atoms with Crippen LogP contribution in [0.3, 0.4) is 0 Å². The van der Waals surface area contributed by atoms with E-state index in [1.807, 2.05) is 0 Å². The summed E-state index contributed by atoms with van der Waals surface area (Å²) in [7, 11) is 0. The van der Waals surface area contributed by atoms with Gasteiger partial charge in [-0.3, -0.25) is 0 Å². The van der Waals surface area contributed by atoms with Crippen LogP contribution in [0.5, 0.6) is 0 Å². The van der Waals surface area contributed by atoms with Crippen LogP contribution in [0.1, 0.15) is 5.56 Å². The van der Waals surface area contributed by atoms with Crippen molar-refractivity contribution >= 4 is 75.4 Å². The van der Waals surface area contributed by atoms with Gasteiger partial charge in [0.15, 0.2) is 0 Å². The van der Waals surface area contributed by atoms with E-state index in [0.29, 0.717) is 0 Å². The quantitative estimate of drug-likeness (QED) is 0.181. The second-order valence-electron chi connectivity index (χ2n) is 14.0. The monoisotopic (exact) mass is 616 g/mol. The lowest BCUT2D eigenvalue weighted by molar-refractivity contribution is 1.51. The first-order valence-corrected chi connectivity index (χ1v) is 17.3. The summed E-state index contributed by atoms with van der Waals surface area (Å²) >= 11 is 0. The molecule has 0 fully saturated rings. The fourth-order valence-electron chi connectivity index (χ4n) is 9.70. The molecular weight excluding hydrogens is 589 g/mol. The van der Waals surface area contributed by atoms with E-state index in [2.05, 4.69) is 159 Å². The lowest BCUT2D eigenvalue weighted by Gasteiger charge is -2.12. The molecule has 0 N–H and O–H groups in total. The molecule has 0 unspecified atom stereocenters. The average Bonchev–Trinajstić information content (AvgIpc) is 3.79. The molecule has 0 saturated carbocycles. The van der Waals surface area contributed by atoms with Crippen molar-refractivity contribution in [2.24, 2.45) is 0 Å². The lowest BCUT2D eigenvalue weighted by atomic mass is 9.90. The Balaban J connectivity index is 1.23. The summed E-state index contributed by atoms with van der Waals surface area (Å²) in [5.41, 5.74) is 11.9. The summed E-state index contributed by atoms with van der Waals surface area (Å²) in [6, 6.07) is 57.2. The van der Waals surface area contributed by atoms with Gasteiger partial charge in [0.2, 0.25) is 0 Å². The standard InChI is InChI=1S/C49H28/c1-27-20-21-29-12-7-15-36-41-26-30(22-23-37(41)42(27)43(29)36)31-24-25-40-45-33(31)16-8-19-39(45)48-44(28-10-3-2-4-11-28)38-18-9-17-34-32-13-5-6-14-35(32)47(46(34)38)49(40)48/h2-26H,1H3. The summed E-state index contributed by atoms with van der Waals surface area (Å²) in [5, 5.41) is 19.0. The van der Waals surface area contributed by atoms with Crippen LogP contribution >= 0.6 is 0 Å². The van der Waals surface area contributed by atoms with Gasteiger partial charge in [0.25, 0.3) is 0 Å². The van der Waals surface area contributed by atoms with Crippen LogP contribution in [0, 0.1) is 6.92 Å². The van der Waals surface area contributed by atoms with Gasteiger partial charge < -0.3 is 0 Å². The number of hydrogen-bond acceptors (Lipinski definition) is 0. The van der Waals surface area contributed by atoms with Crippen LogP contribution < -0.4 is 0 Å². The van der Waals surface area contributed by atoms with Gasteiger partial charge >= 0.3 is 0 Å². The molecule has 0 spiro atoms. The smallest absolute Gasteiger partial charge is 0.000696 e. The summed E-state index contributed by atoms with van der Waals surface area (Å²) in [5.74, 6) is 0. The van der Waals surface area contributed by atoms with Crippen molar-refractivity contribution in [3.8, 4) is 44.5 Å². The van der Waals surface area contributed by atoms with Gasteiger partial charge in [-0.05, 0) is 138 Å². The molecule has 0 aliphatic heterocycles. The highest BCUT2D eigenvalue weighted by Gasteiger charge is 2.27. The Labute approximate surface area is 283 Å². The first-order chi connectivity index (χ1) is 24.3. The van der Waals surface area contributed by atoms with E-state index in [1.54, 1.807) is 0 Å². The van der Waals surface area contributed by atoms with Gasteiger partial charge in [0.05, 0.1) is 0 Å². The van der Waals surface area contributed by atoms with Gasteiger partial charge in [-0.2, -0.15) is 0 Å². The first kappa shape index (κ1) is 25.8. The predicted molar refractivity (Wildman–Crippen MR) is 211 cm³/mol. The highest BCUT2D eigenvalue weighted by atomic mass is 14.3. The molecule has 1 aliphatic carbocycles. The van der Waals surface area contributed by atoms with Crippen LogP contribution in [-0.2, 0) is 0 Å². The average molecular weight is 617 g/mol.